The number of likely N-dealkylation sites (tertiary alicyclic amines) is 1. The normalized spacial score (nSPS) is 18.1. The molecule has 1 aliphatic carbocycles. The molecule has 30 heavy (non-hydrogen) atoms. The second-order valence-electron chi connectivity index (χ2n) is 8.06. The van der Waals surface area contributed by atoms with Gasteiger partial charge in [-0.3, -0.25) is 4.79 Å². The van der Waals surface area contributed by atoms with Crippen LogP contribution in [-0.2, 0) is 4.74 Å². The molecule has 0 bridgehead atoms. The second-order valence-corrected chi connectivity index (χ2v) is 8.06. The molecule has 0 atom stereocenters. The minimum atomic E-state index is -0.132. The lowest BCUT2D eigenvalue weighted by atomic mass is 9.95. The molecule has 2 fully saturated rings. The number of rotatable bonds is 8. The number of ether oxygens (including phenoxy) is 2. The fourth-order valence-electron chi connectivity index (χ4n) is 4.14. The average Bonchev–Trinajstić information content (AvgIpc) is 2.78. The molecule has 1 saturated carbocycles. The van der Waals surface area contributed by atoms with E-state index in [9.17, 15) is 9.59 Å². The lowest BCUT2D eigenvalue weighted by Gasteiger charge is -2.34. The molecule has 7 nitrogen and oxygen atoms in total. The van der Waals surface area contributed by atoms with Gasteiger partial charge in [-0.1, -0.05) is 31.4 Å². The van der Waals surface area contributed by atoms with Crippen LogP contribution in [0.2, 0.25) is 0 Å². The molecule has 7 heteroatoms. The monoisotopic (exact) mass is 417 g/mol. The van der Waals surface area contributed by atoms with Gasteiger partial charge in [-0.15, -0.1) is 0 Å². The summed E-state index contributed by atoms with van der Waals surface area (Å²) >= 11 is 0. The number of benzene rings is 1. The zero-order chi connectivity index (χ0) is 21.2. The molecule has 0 aromatic heterocycles. The van der Waals surface area contributed by atoms with Crippen LogP contribution < -0.4 is 15.4 Å². The predicted molar refractivity (Wildman–Crippen MR) is 116 cm³/mol. The Bertz CT molecular complexity index is 683. The van der Waals surface area contributed by atoms with Crippen LogP contribution in [0.3, 0.4) is 0 Å². The van der Waals surface area contributed by atoms with E-state index in [1.54, 1.807) is 12.1 Å². The first-order valence-electron chi connectivity index (χ1n) is 11.3. The van der Waals surface area contributed by atoms with Gasteiger partial charge in [0.2, 0.25) is 0 Å². The number of hydrogen-bond donors (Lipinski definition) is 2. The summed E-state index contributed by atoms with van der Waals surface area (Å²) in [6.45, 7) is 4.81. The van der Waals surface area contributed by atoms with Crippen molar-refractivity contribution in [3.8, 4) is 5.75 Å². The maximum absolute atomic E-state index is 12.8. The molecule has 1 heterocycles. The number of urea groups is 1. The highest BCUT2D eigenvalue weighted by Crippen LogP contribution is 2.20. The Labute approximate surface area is 179 Å². The summed E-state index contributed by atoms with van der Waals surface area (Å²) < 4.78 is 11.0. The number of amides is 3. The van der Waals surface area contributed by atoms with Crippen LogP contribution in [0.1, 0.15) is 62.2 Å². The lowest BCUT2D eigenvalue weighted by molar-refractivity contribution is 0.0902. The predicted octanol–water partition coefficient (Wildman–Crippen LogP) is 3.34. The van der Waals surface area contributed by atoms with Crippen molar-refractivity contribution in [3.63, 3.8) is 0 Å². The highest BCUT2D eigenvalue weighted by molar-refractivity contribution is 5.97. The molecule has 0 radical (unpaired) electrons. The van der Waals surface area contributed by atoms with E-state index in [4.69, 9.17) is 9.47 Å². The highest BCUT2D eigenvalue weighted by atomic mass is 16.5. The third kappa shape index (κ3) is 6.62. The Hall–Kier alpha value is -2.28. The fourth-order valence-corrected chi connectivity index (χ4v) is 4.14. The van der Waals surface area contributed by atoms with E-state index < -0.39 is 0 Å². The maximum atomic E-state index is 12.8. The van der Waals surface area contributed by atoms with E-state index in [-0.39, 0.29) is 18.0 Å². The van der Waals surface area contributed by atoms with Crippen LogP contribution in [0.5, 0.6) is 5.75 Å². The van der Waals surface area contributed by atoms with Crippen molar-refractivity contribution in [2.75, 3.05) is 32.9 Å². The standard InChI is InChI=1S/C23H35N3O4/c1-2-29-16-17-30-21-11-7-6-10-20(21)22(27)24-19-12-14-26(15-13-19)23(28)25-18-8-4-3-5-9-18/h6-7,10-11,18-19H,2-5,8-9,12-17H2,1H3,(H,24,27)(H,25,28). The van der Waals surface area contributed by atoms with Gasteiger partial charge in [0.05, 0.1) is 12.2 Å². The summed E-state index contributed by atoms with van der Waals surface area (Å²) in [5.74, 6) is 0.436. The number of nitrogens with zero attached hydrogens (tertiary/aromatic N) is 1. The van der Waals surface area contributed by atoms with Crippen LogP contribution in [0.15, 0.2) is 24.3 Å². The summed E-state index contributed by atoms with van der Waals surface area (Å²) in [7, 11) is 0. The van der Waals surface area contributed by atoms with Crippen LogP contribution in [-0.4, -0.2) is 61.8 Å². The Kier molecular flexibility index (Phi) is 8.81. The first-order chi connectivity index (χ1) is 14.7. The summed E-state index contributed by atoms with van der Waals surface area (Å²) in [6.07, 6.45) is 7.38. The number of nitrogens with one attached hydrogen (secondary N) is 2. The van der Waals surface area contributed by atoms with E-state index in [2.05, 4.69) is 10.6 Å². The number of carbonyl (C=O) groups is 2. The second kappa shape index (κ2) is 11.8. The lowest BCUT2D eigenvalue weighted by Crippen LogP contribution is -2.51. The SMILES string of the molecule is CCOCCOc1ccccc1C(=O)NC1CCN(C(=O)NC2CCCCC2)CC1. The molecule has 166 valence electrons. The molecule has 0 unspecified atom stereocenters. The molecule has 3 rings (SSSR count). The van der Waals surface area contributed by atoms with E-state index in [1.165, 1.54) is 19.3 Å². The van der Waals surface area contributed by atoms with Crippen LogP contribution >= 0.6 is 0 Å². The summed E-state index contributed by atoms with van der Waals surface area (Å²) in [5, 5.41) is 6.29. The molecular weight excluding hydrogens is 382 g/mol. The molecule has 3 amide bonds. The topological polar surface area (TPSA) is 79.9 Å². The van der Waals surface area contributed by atoms with E-state index in [0.29, 0.717) is 50.3 Å². The zero-order valence-corrected chi connectivity index (χ0v) is 18.0. The molecule has 2 N–H and O–H groups in total. The molecule has 1 aromatic rings. The summed E-state index contributed by atoms with van der Waals surface area (Å²) in [6, 6.07) is 7.70. The number of hydrogen-bond acceptors (Lipinski definition) is 4. The Morgan fingerprint density at radius 3 is 2.40 bits per heavy atom. The fraction of sp³-hybridized carbons (Fsp3) is 0.652. The van der Waals surface area contributed by atoms with E-state index in [0.717, 1.165) is 25.7 Å². The van der Waals surface area contributed by atoms with Crippen molar-refractivity contribution in [1.82, 2.24) is 15.5 Å². The van der Waals surface area contributed by atoms with Crippen LogP contribution in [0, 0.1) is 0 Å². The zero-order valence-electron chi connectivity index (χ0n) is 18.0. The molecule has 1 aromatic carbocycles. The highest BCUT2D eigenvalue weighted by Gasteiger charge is 2.26. The first kappa shape index (κ1) is 22.4. The van der Waals surface area contributed by atoms with Gasteiger partial charge in [-0.2, -0.15) is 0 Å². The molecule has 1 saturated heterocycles. The molecular formula is C23H35N3O4. The Morgan fingerprint density at radius 1 is 0.967 bits per heavy atom. The Morgan fingerprint density at radius 2 is 1.67 bits per heavy atom. The summed E-state index contributed by atoms with van der Waals surface area (Å²) in [4.78, 5) is 27.2. The van der Waals surface area contributed by atoms with Gasteiger partial charge in [0.25, 0.3) is 5.91 Å². The van der Waals surface area contributed by atoms with Crippen LogP contribution in [0.4, 0.5) is 4.79 Å². The van der Waals surface area contributed by atoms with Gasteiger partial charge in [0.1, 0.15) is 12.4 Å². The van der Waals surface area contributed by atoms with E-state index in [1.807, 2.05) is 24.0 Å². The maximum Gasteiger partial charge on any atom is 0.317 e. The van der Waals surface area contributed by atoms with Crippen molar-refractivity contribution < 1.29 is 19.1 Å². The molecule has 2 aliphatic rings. The van der Waals surface area contributed by atoms with Crippen molar-refractivity contribution in [2.45, 2.75) is 64.0 Å². The van der Waals surface area contributed by atoms with Gasteiger partial charge >= 0.3 is 6.03 Å². The average molecular weight is 418 g/mol. The smallest absolute Gasteiger partial charge is 0.317 e. The van der Waals surface area contributed by atoms with Gasteiger partial charge in [-0.05, 0) is 44.7 Å². The number of carbonyl (C=O) groups excluding carboxylic acids is 2. The largest absolute Gasteiger partial charge is 0.490 e. The van der Waals surface area contributed by atoms with Gasteiger partial charge < -0.3 is 25.0 Å². The van der Waals surface area contributed by atoms with Crippen molar-refractivity contribution in [2.24, 2.45) is 0 Å². The van der Waals surface area contributed by atoms with Gasteiger partial charge in [-0.25, -0.2) is 4.79 Å². The van der Waals surface area contributed by atoms with Crippen LogP contribution in [0.25, 0.3) is 0 Å². The van der Waals surface area contributed by atoms with Gasteiger partial charge in [0, 0.05) is 31.8 Å². The molecule has 1 aliphatic heterocycles. The van der Waals surface area contributed by atoms with Crippen molar-refractivity contribution >= 4 is 11.9 Å². The third-order valence-corrected chi connectivity index (χ3v) is 5.87. The number of piperidine rings is 1. The van der Waals surface area contributed by atoms with Crippen molar-refractivity contribution in [1.29, 1.82) is 0 Å². The summed E-state index contributed by atoms with van der Waals surface area (Å²) in [5.41, 5.74) is 0.534. The third-order valence-electron chi connectivity index (χ3n) is 5.87. The quantitative estimate of drug-likeness (QED) is 0.636. The number of para-hydroxylation sites is 1. The first-order valence-corrected chi connectivity index (χ1v) is 11.3. The van der Waals surface area contributed by atoms with Crippen molar-refractivity contribution in [3.05, 3.63) is 29.8 Å². The van der Waals surface area contributed by atoms with E-state index >= 15 is 0 Å². The minimum absolute atomic E-state index is 0.0414. The Balaban J connectivity index is 1.44. The van der Waals surface area contributed by atoms with Gasteiger partial charge in [0.15, 0.2) is 0 Å². The molecule has 0 spiro atoms. The minimum Gasteiger partial charge on any atom is -0.490 e.